The number of rotatable bonds is 6. The third-order valence-corrected chi connectivity index (χ3v) is 2.80. The quantitative estimate of drug-likeness (QED) is 0.669. The predicted octanol–water partition coefficient (Wildman–Crippen LogP) is 1.17. The predicted molar refractivity (Wildman–Crippen MR) is 63.8 cm³/mol. The molecule has 0 aromatic rings. The van der Waals surface area contributed by atoms with Gasteiger partial charge in [-0.05, 0) is 12.8 Å². The number of nitrogens with zero attached hydrogens (tertiary/aromatic N) is 1. The van der Waals surface area contributed by atoms with Gasteiger partial charge in [0.25, 0.3) is 0 Å². The summed E-state index contributed by atoms with van der Waals surface area (Å²) in [5, 5.41) is 0. The Labute approximate surface area is 92.6 Å². The molecule has 0 radical (unpaired) electrons. The molecule has 0 aliphatic carbocycles. The van der Waals surface area contributed by atoms with Crippen LogP contribution in [0.1, 0.15) is 12.8 Å². The third-order valence-electron chi connectivity index (χ3n) is 2.80. The van der Waals surface area contributed by atoms with Crippen molar-refractivity contribution < 1.29 is 4.74 Å². The fraction of sp³-hybridized carbons (Fsp3) is 0.667. The Kier molecular flexibility index (Phi) is 5.02. The van der Waals surface area contributed by atoms with E-state index in [2.05, 4.69) is 18.1 Å². The first-order valence-electron chi connectivity index (χ1n) is 5.51. The maximum atomic E-state index is 6.33. The van der Waals surface area contributed by atoms with Gasteiger partial charge in [-0.3, -0.25) is 4.90 Å². The second kappa shape index (κ2) is 6.05. The molecule has 0 amide bonds. The van der Waals surface area contributed by atoms with Crippen molar-refractivity contribution in [2.75, 3.05) is 32.8 Å². The van der Waals surface area contributed by atoms with Gasteiger partial charge in [0, 0.05) is 38.4 Å². The molecule has 1 rings (SSSR count). The molecule has 0 spiro atoms. The molecule has 0 unspecified atom stereocenters. The molecule has 0 aromatic heterocycles. The van der Waals surface area contributed by atoms with Gasteiger partial charge in [0.15, 0.2) is 0 Å². The van der Waals surface area contributed by atoms with Crippen LogP contribution in [0.5, 0.6) is 0 Å². The average Bonchev–Trinajstić information content (AvgIpc) is 2.19. The molecule has 1 saturated heterocycles. The van der Waals surface area contributed by atoms with Gasteiger partial charge in [-0.15, -0.1) is 13.2 Å². The first-order valence-corrected chi connectivity index (χ1v) is 5.51. The summed E-state index contributed by atoms with van der Waals surface area (Å²) in [6, 6.07) is 0. The Morgan fingerprint density at radius 2 is 1.73 bits per heavy atom. The Balaban J connectivity index is 2.46. The van der Waals surface area contributed by atoms with E-state index in [0.717, 1.165) is 45.7 Å². The summed E-state index contributed by atoms with van der Waals surface area (Å²) in [6.45, 7) is 11.7. The molecular weight excluding hydrogens is 188 g/mol. The van der Waals surface area contributed by atoms with Gasteiger partial charge in [0.05, 0.1) is 0 Å². The smallest absolute Gasteiger partial charge is 0.0484 e. The molecule has 1 heterocycles. The van der Waals surface area contributed by atoms with Crippen LogP contribution in [-0.4, -0.2) is 43.3 Å². The van der Waals surface area contributed by atoms with Crippen LogP contribution in [0.4, 0.5) is 0 Å². The molecule has 3 nitrogen and oxygen atoms in total. The number of nitrogens with two attached hydrogens (primary N) is 1. The molecule has 86 valence electrons. The third kappa shape index (κ3) is 4.16. The van der Waals surface area contributed by atoms with Crippen molar-refractivity contribution in [3.05, 3.63) is 25.3 Å². The highest BCUT2D eigenvalue weighted by Gasteiger charge is 2.29. The van der Waals surface area contributed by atoms with Crippen molar-refractivity contribution >= 4 is 0 Å². The van der Waals surface area contributed by atoms with E-state index in [1.807, 2.05) is 12.2 Å². The zero-order valence-corrected chi connectivity index (χ0v) is 9.45. The Hall–Kier alpha value is -0.640. The van der Waals surface area contributed by atoms with Crippen LogP contribution in [0.2, 0.25) is 0 Å². The highest BCUT2D eigenvalue weighted by atomic mass is 16.5. The van der Waals surface area contributed by atoms with Gasteiger partial charge in [0.2, 0.25) is 0 Å². The van der Waals surface area contributed by atoms with Crippen LogP contribution < -0.4 is 5.73 Å². The molecule has 0 atom stereocenters. The van der Waals surface area contributed by atoms with Gasteiger partial charge < -0.3 is 10.5 Å². The van der Waals surface area contributed by atoms with E-state index in [9.17, 15) is 0 Å². The lowest BCUT2D eigenvalue weighted by atomic mass is 9.90. The summed E-state index contributed by atoms with van der Waals surface area (Å²) in [5.41, 5.74) is 6.24. The molecule has 1 aliphatic rings. The van der Waals surface area contributed by atoms with Crippen molar-refractivity contribution in [2.45, 2.75) is 18.4 Å². The first kappa shape index (κ1) is 12.4. The lowest BCUT2D eigenvalue weighted by Gasteiger charge is -2.37. The van der Waals surface area contributed by atoms with Crippen LogP contribution in [0.25, 0.3) is 0 Å². The molecule has 0 saturated carbocycles. The van der Waals surface area contributed by atoms with E-state index in [1.165, 1.54) is 0 Å². The number of hydrogen-bond donors (Lipinski definition) is 1. The summed E-state index contributed by atoms with van der Waals surface area (Å²) in [6.07, 6.45) is 5.70. The molecule has 0 aromatic carbocycles. The maximum Gasteiger partial charge on any atom is 0.0484 e. The highest BCUT2D eigenvalue weighted by Crippen LogP contribution is 2.18. The minimum atomic E-state index is -0.0930. The molecule has 1 fully saturated rings. The number of hydrogen-bond acceptors (Lipinski definition) is 3. The van der Waals surface area contributed by atoms with Crippen LogP contribution in [0.15, 0.2) is 25.3 Å². The Bertz CT molecular complexity index is 200. The van der Waals surface area contributed by atoms with Gasteiger partial charge in [0.1, 0.15) is 0 Å². The average molecular weight is 210 g/mol. The van der Waals surface area contributed by atoms with Crippen molar-refractivity contribution in [2.24, 2.45) is 5.73 Å². The SMILES string of the molecule is C=CCN(CC=C)CC1(N)CCOCC1. The molecule has 0 bridgehead atoms. The Morgan fingerprint density at radius 3 is 2.20 bits per heavy atom. The standard InChI is InChI=1S/C12H22N2O/c1-3-7-14(8-4-2)11-12(13)5-9-15-10-6-12/h3-4H,1-2,5-11,13H2. The van der Waals surface area contributed by atoms with Crippen LogP contribution in [0.3, 0.4) is 0 Å². The minimum Gasteiger partial charge on any atom is -0.381 e. The minimum absolute atomic E-state index is 0.0930. The van der Waals surface area contributed by atoms with E-state index < -0.39 is 0 Å². The maximum absolute atomic E-state index is 6.33. The zero-order chi connectivity index (χ0) is 11.1. The number of ether oxygens (including phenoxy) is 1. The van der Waals surface area contributed by atoms with Crippen molar-refractivity contribution in [1.82, 2.24) is 4.90 Å². The summed E-state index contributed by atoms with van der Waals surface area (Å²) >= 11 is 0. The fourth-order valence-electron chi connectivity index (χ4n) is 1.95. The van der Waals surface area contributed by atoms with Gasteiger partial charge in [-0.25, -0.2) is 0 Å². The van der Waals surface area contributed by atoms with Crippen LogP contribution in [-0.2, 0) is 4.74 Å². The molecule has 2 N–H and O–H groups in total. The van der Waals surface area contributed by atoms with E-state index in [0.29, 0.717) is 0 Å². The van der Waals surface area contributed by atoms with Gasteiger partial charge >= 0.3 is 0 Å². The van der Waals surface area contributed by atoms with E-state index in [4.69, 9.17) is 10.5 Å². The lowest BCUT2D eigenvalue weighted by molar-refractivity contribution is 0.0407. The fourth-order valence-corrected chi connectivity index (χ4v) is 1.95. The van der Waals surface area contributed by atoms with E-state index in [-0.39, 0.29) is 5.54 Å². The topological polar surface area (TPSA) is 38.5 Å². The molecule has 15 heavy (non-hydrogen) atoms. The molecule has 3 heteroatoms. The Morgan fingerprint density at radius 1 is 1.20 bits per heavy atom. The van der Waals surface area contributed by atoms with Crippen molar-refractivity contribution in [1.29, 1.82) is 0 Å². The van der Waals surface area contributed by atoms with E-state index in [1.54, 1.807) is 0 Å². The molecule has 1 aliphatic heterocycles. The summed E-state index contributed by atoms with van der Waals surface area (Å²) < 4.78 is 5.33. The second-order valence-corrected chi connectivity index (χ2v) is 4.25. The van der Waals surface area contributed by atoms with Crippen LogP contribution >= 0.6 is 0 Å². The van der Waals surface area contributed by atoms with Crippen LogP contribution in [0, 0.1) is 0 Å². The van der Waals surface area contributed by atoms with Crippen molar-refractivity contribution in [3.63, 3.8) is 0 Å². The normalized spacial score (nSPS) is 20.1. The summed E-state index contributed by atoms with van der Waals surface area (Å²) in [5.74, 6) is 0. The van der Waals surface area contributed by atoms with Crippen molar-refractivity contribution in [3.8, 4) is 0 Å². The van der Waals surface area contributed by atoms with Gasteiger partial charge in [-0.1, -0.05) is 12.2 Å². The van der Waals surface area contributed by atoms with Gasteiger partial charge in [-0.2, -0.15) is 0 Å². The highest BCUT2D eigenvalue weighted by molar-refractivity contribution is 4.92. The summed E-state index contributed by atoms with van der Waals surface area (Å²) in [7, 11) is 0. The zero-order valence-electron chi connectivity index (χ0n) is 9.45. The first-order chi connectivity index (χ1) is 7.20. The summed E-state index contributed by atoms with van der Waals surface area (Å²) in [4.78, 5) is 2.27. The largest absolute Gasteiger partial charge is 0.381 e. The monoisotopic (exact) mass is 210 g/mol. The van der Waals surface area contributed by atoms with E-state index >= 15 is 0 Å². The second-order valence-electron chi connectivity index (χ2n) is 4.25. The molecular formula is C12H22N2O. The lowest BCUT2D eigenvalue weighted by Crippen LogP contribution is -2.53.